The molecule has 3 rings (SSSR count). The monoisotopic (exact) mass is 435 g/mol. The second kappa shape index (κ2) is 9.59. The summed E-state index contributed by atoms with van der Waals surface area (Å²) >= 11 is 1.39. The number of rotatable bonds is 9. The van der Waals surface area contributed by atoms with E-state index in [1.54, 1.807) is 18.3 Å². The third-order valence-corrected chi connectivity index (χ3v) is 5.89. The molecule has 0 aliphatic rings. The number of carbonyl (C=O) groups is 1. The molecule has 0 spiro atoms. The smallest absolute Gasteiger partial charge is 0.278 e. The fourth-order valence-electron chi connectivity index (χ4n) is 2.34. The van der Waals surface area contributed by atoms with Crippen LogP contribution in [0.5, 0.6) is 10.9 Å². The molecule has 3 aromatic rings. The highest BCUT2D eigenvalue weighted by Gasteiger charge is 2.14. The highest BCUT2D eigenvalue weighted by Crippen LogP contribution is 2.23. The number of amides is 1. The molecule has 0 radical (unpaired) electrons. The number of ether oxygens (including phenoxy) is 1. The molecule has 152 valence electrons. The Balaban J connectivity index is 1.42. The van der Waals surface area contributed by atoms with Crippen LogP contribution >= 0.6 is 11.3 Å². The Hall–Kier alpha value is -2.82. The minimum Gasteiger partial charge on any atom is -0.431 e. The molecule has 1 heterocycles. The van der Waals surface area contributed by atoms with E-state index >= 15 is 0 Å². The number of halogens is 1. The molecule has 0 saturated carbocycles. The van der Waals surface area contributed by atoms with Crippen LogP contribution in [0.25, 0.3) is 0 Å². The van der Waals surface area contributed by atoms with E-state index in [-0.39, 0.29) is 23.8 Å². The van der Waals surface area contributed by atoms with E-state index < -0.39 is 15.8 Å². The van der Waals surface area contributed by atoms with Gasteiger partial charge in [0.2, 0.25) is 15.9 Å². The highest BCUT2D eigenvalue weighted by atomic mass is 32.2. The maximum Gasteiger partial charge on any atom is 0.278 e. The molecule has 0 aliphatic heterocycles. The lowest BCUT2D eigenvalue weighted by Gasteiger charge is -2.08. The van der Waals surface area contributed by atoms with Crippen molar-refractivity contribution in [2.45, 2.75) is 17.9 Å². The Morgan fingerprint density at radius 3 is 2.66 bits per heavy atom. The zero-order chi connectivity index (χ0) is 20.7. The van der Waals surface area contributed by atoms with Crippen LogP contribution < -0.4 is 14.8 Å². The average molecular weight is 436 g/mol. The van der Waals surface area contributed by atoms with E-state index in [0.717, 1.165) is 17.7 Å². The lowest BCUT2D eigenvalue weighted by atomic mass is 10.2. The first-order chi connectivity index (χ1) is 13.9. The van der Waals surface area contributed by atoms with Gasteiger partial charge in [-0.1, -0.05) is 29.5 Å². The van der Waals surface area contributed by atoms with Crippen LogP contribution in [0.3, 0.4) is 0 Å². The number of nitrogens with zero attached hydrogens (tertiary/aromatic N) is 1. The first kappa shape index (κ1) is 20.9. The first-order valence-electron chi connectivity index (χ1n) is 8.60. The van der Waals surface area contributed by atoms with Crippen molar-refractivity contribution in [1.82, 2.24) is 15.0 Å². The van der Waals surface area contributed by atoms with Crippen LogP contribution in [-0.4, -0.2) is 25.9 Å². The Bertz CT molecular complexity index is 1060. The van der Waals surface area contributed by atoms with Gasteiger partial charge in [0.25, 0.3) is 5.19 Å². The molecule has 2 N–H and O–H groups in total. The van der Waals surface area contributed by atoms with Gasteiger partial charge in [0.15, 0.2) is 0 Å². The van der Waals surface area contributed by atoms with Crippen LogP contribution in [0.1, 0.15) is 12.0 Å². The fourth-order valence-corrected chi connectivity index (χ4v) is 3.91. The summed E-state index contributed by atoms with van der Waals surface area (Å²) in [5.41, 5.74) is 0.866. The number of aromatic nitrogens is 1. The van der Waals surface area contributed by atoms with Crippen molar-refractivity contribution in [2.75, 3.05) is 6.54 Å². The molecular weight excluding hydrogens is 417 g/mol. The van der Waals surface area contributed by atoms with Gasteiger partial charge in [-0.05, 0) is 35.9 Å². The Labute approximate surface area is 171 Å². The van der Waals surface area contributed by atoms with E-state index in [9.17, 15) is 17.6 Å². The van der Waals surface area contributed by atoms with Gasteiger partial charge in [0.1, 0.15) is 11.6 Å². The molecule has 2 aromatic carbocycles. The van der Waals surface area contributed by atoms with Crippen LogP contribution in [0.15, 0.2) is 65.0 Å². The van der Waals surface area contributed by atoms with Crippen LogP contribution in [0, 0.1) is 5.82 Å². The second-order valence-electron chi connectivity index (χ2n) is 5.93. The third-order valence-electron chi connectivity index (χ3n) is 3.78. The summed E-state index contributed by atoms with van der Waals surface area (Å²) in [6, 6.07) is 11.9. The fraction of sp³-hybridized carbons (Fsp3) is 0.158. The molecule has 0 aliphatic carbocycles. The lowest BCUT2D eigenvalue weighted by Crippen LogP contribution is -2.30. The predicted octanol–water partition coefficient (Wildman–Crippen LogP) is 3.06. The minimum atomic E-state index is -3.86. The molecule has 29 heavy (non-hydrogen) atoms. The molecule has 10 heteroatoms. The molecule has 1 aromatic heterocycles. The molecule has 0 saturated heterocycles. The summed E-state index contributed by atoms with van der Waals surface area (Å²) in [6.07, 6.45) is 1.61. The largest absolute Gasteiger partial charge is 0.431 e. The average Bonchev–Trinajstić information content (AvgIpc) is 3.20. The van der Waals surface area contributed by atoms with Gasteiger partial charge >= 0.3 is 0 Å². The number of nitrogens with one attached hydrogen (secondary N) is 2. The van der Waals surface area contributed by atoms with Crippen molar-refractivity contribution in [2.24, 2.45) is 0 Å². The van der Waals surface area contributed by atoms with E-state index in [1.165, 1.54) is 23.5 Å². The molecule has 0 bridgehead atoms. The molecule has 0 fully saturated rings. The summed E-state index contributed by atoms with van der Waals surface area (Å²) in [4.78, 5) is 15.8. The highest BCUT2D eigenvalue weighted by molar-refractivity contribution is 7.89. The van der Waals surface area contributed by atoms with Gasteiger partial charge < -0.3 is 10.1 Å². The standard InChI is InChI=1S/C19H18FN3O4S2/c20-15-2-1-3-17(12-15)29(25,26)23-9-8-18(24)22-13-14-4-6-16(7-5-14)27-19-21-10-11-28-19/h1-7,10-12,23H,8-9,13H2,(H,22,24). The van der Waals surface area contributed by atoms with Crippen LogP contribution in [0.4, 0.5) is 4.39 Å². The van der Waals surface area contributed by atoms with Gasteiger partial charge in [0, 0.05) is 31.1 Å². The van der Waals surface area contributed by atoms with Crippen molar-refractivity contribution < 1.29 is 22.3 Å². The number of thiazole rings is 1. The van der Waals surface area contributed by atoms with E-state index in [4.69, 9.17) is 4.74 Å². The van der Waals surface area contributed by atoms with E-state index in [0.29, 0.717) is 17.5 Å². The number of hydrogen-bond acceptors (Lipinski definition) is 6. The number of benzene rings is 2. The Kier molecular flexibility index (Phi) is 6.91. The van der Waals surface area contributed by atoms with E-state index in [1.807, 2.05) is 17.5 Å². The minimum absolute atomic E-state index is 0.0419. The summed E-state index contributed by atoms with van der Waals surface area (Å²) < 4.78 is 45.1. The van der Waals surface area contributed by atoms with Crippen molar-refractivity contribution in [1.29, 1.82) is 0 Å². The van der Waals surface area contributed by atoms with Crippen LogP contribution in [0.2, 0.25) is 0 Å². The molecule has 1 amide bonds. The molecule has 7 nitrogen and oxygen atoms in total. The maximum absolute atomic E-state index is 13.2. The quantitative estimate of drug-likeness (QED) is 0.538. The Morgan fingerprint density at radius 1 is 1.17 bits per heavy atom. The topological polar surface area (TPSA) is 97.4 Å². The summed E-state index contributed by atoms with van der Waals surface area (Å²) in [5, 5.41) is 5.08. The molecule has 0 atom stereocenters. The first-order valence-corrected chi connectivity index (χ1v) is 11.0. The van der Waals surface area contributed by atoms with Gasteiger partial charge in [-0.15, -0.1) is 0 Å². The normalized spacial score (nSPS) is 11.2. The van der Waals surface area contributed by atoms with Crippen molar-refractivity contribution in [3.8, 4) is 10.9 Å². The molecular formula is C19H18FN3O4S2. The third kappa shape index (κ3) is 6.34. The number of sulfonamides is 1. The van der Waals surface area contributed by atoms with Gasteiger partial charge in [-0.3, -0.25) is 4.79 Å². The lowest BCUT2D eigenvalue weighted by molar-refractivity contribution is -0.121. The number of carbonyl (C=O) groups excluding carboxylic acids is 1. The van der Waals surface area contributed by atoms with Crippen molar-refractivity contribution in [3.63, 3.8) is 0 Å². The SMILES string of the molecule is O=C(CCNS(=O)(=O)c1cccc(F)c1)NCc1ccc(Oc2nccs2)cc1. The zero-order valence-electron chi connectivity index (χ0n) is 15.2. The van der Waals surface area contributed by atoms with Gasteiger partial charge in [-0.25, -0.2) is 22.5 Å². The predicted molar refractivity (Wildman–Crippen MR) is 107 cm³/mol. The van der Waals surface area contributed by atoms with Gasteiger partial charge in [0.05, 0.1) is 4.90 Å². The summed E-state index contributed by atoms with van der Waals surface area (Å²) in [6.45, 7) is 0.207. The number of hydrogen-bond donors (Lipinski definition) is 2. The van der Waals surface area contributed by atoms with Crippen LogP contribution in [-0.2, 0) is 21.4 Å². The molecule has 0 unspecified atom stereocenters. The van der Waals surface area contributed by atoms with Crippen molar-refractivity contribution in [3.05, 3.63) is 71.5 Å². The Morgan fingerprint density at radius 2 is 1.97 bits per heavy atom. The van der Waals surface area contributed by atoms with Gasteiger partial charge in [-0.2, -0.15) is 0 Å². The summed E-state index contributed by atoms with van der Waals surface area (Å²) in [5.74, 6) is -0.314. The zero-order valence-corrected chi connectivity index (χ0v) is 16.8. The maximum atomic E-state index is 13.2. The van der Waals surface area contributed by atoms with Crippen molar-refractivity contribution >= 4 is 27.3 Å². The van der Waals surface area contributed by atoms with E-state index in [2.05, 4.69) is 15.0 Å². The second-order valence-corrected chi connectivity index (χ2v) is 8.55. The summed E-state index contributed by atoms with van der Waals surface area (Å²) in [7, 11) is -3.86.